The molecule has 7 heteroatoms. The molecule has 26 heavy (non-hydrogen) atoms. The Kier molecular flexibility index (Phi) is 5.78. The van der Waals surface area contributed by atoms with Gasteiger partial charge in [-0.3, -0.25) is 4.79 Å². The van der Waals surface area contributed by atoms with E-state index in [0.29, 0.717) is 22.7 Å². The molecule has 0 saturated carbocycles. The number of nitrogens with one attached hydrogen (secondary N) is 1. The molecular formula is C19H21NO5S. The zero-order valence-electron chi connectivity index (χ0n) is 14.8. The van der Waals surface area contributed by atoms with Gasteiger partial charge in [0.25, 0.3) is 5.91 Å². The van der Waals surface area contributed by atoms with Crippen molar-refractivity contribution in [2.45, 2.75) is 25.7 Å². The number of rotatable bonds is 6. The highest BCUT2D eigenvalue weighted by Crippen LogP contribution is 2.31. The highest BCUT2D eigenvalue weighted by molar-refractivity contribution is 7.10. The minimum Gasteiger partial charge on any atom is -0.493 e. The van der Waals surface area contributed by atoms with Crippen LogP contribution in [0.1, 0.15) is 33.6 Å². The molecule has 0 radical (unpaired) electrons. The molecule has 0 spiro atoms. The van der Waals surface area contributed by atoms with E-state index >= 15 is 0 Å². The molecule has 1 aromatic heterocycles. The molecule has 0 bridgehead atoms. The Morgan fingerprint density at radius 1 is 1.12 bits per heavy atom. The number of carbonyl (C=O) groups is 2. The number of amides is 1. The van der Waals surface area contributed by atoms with Gasteiger partial charge in [0, 0.05) is 22.0 Å². The van der Waals surface area contributed by atoms with Gasteiger partial charge in [0.05, 0.1) is 19.8 Å². The Morgan fingerprint density at radius 3 is 2.65 bits per heavy atom. The number of aryl methyl sites for hydroxylation is 1. The number of methoxy groups -OCH3 is 2. The summed E-state index contributed by atoms with van der Waals surface area (Å²) in [7, 11) is 3.06. The van der Waals surface area contributed by atoms with Crippen molar-refractivity contribution in [2.75, 3.05) is 26.1 Å². The fraction of sp³-hybridized carbons (Fsp3) is 0.368. The first kappa shape index (κ1) is 18.3. The predicted molar refractivity (Wildman–Crippen MR) is 99.4 cm³/mol. The van der Waals surface area contributed by atoms with Crippen LogP contribution in [0.15, 0.2) is 23.6 Å². The Bertz CT molecular complexity index is 814. The van der Waals surface area contributed by atoms with Gasteiger partial charge in [-0.1, -0.05) is 0 Å². The molecule has 1 aromatic carbocycles. The Hall–Kier alpha value is -2.54. The van der Waals surface area contributed by atoms with Crippen molar-refractivity contribution in [2.24, 2.45) is 0 Å². The van der Waals surface area contributed by atoms with Crippen molar-refractivity contribution in [3.8, 4) is 11.5 Å². The predicted octanol–water partition coefficient (Wildman–Crippen LogP) is 3.44. The molecule has 1 heterocycles. The molecule has 1 aliphatic rings. The van der Waals surface area contributed by atoms with Gasteiger partial charge in [0.1, 0.15) is 0 Å². The van der Waals surface area contributed by atoms with Crippen molar-refractivity contribution >= 4 is 28.9 Å². The lowest BCUT2D eigenvalue weighted by Gasteiger charge is -2.13. The second-order valence-corrected chi connectivity index (χ2v) is 6.92. The number of ether oxygens (including phenoxy) is 3. The normalized spacial score (nSPS) is 12.8. The molecule has 3 rings (SSSR count). The van der Waals surface area contributed by atoms with Crippen molar-refractivity contribution in [1.82, 2.24) is 0 Å². The lowest BCUT2D eigenvalue weighted by molar-refractivity contribution is -0.119. The van der Waals surface area contributed by atoms with Gasteiger partial charge in [-0.2, -0.15) is 0 Å². The maximum absolute atomic E-state index is 12.3. The van der Waals surface area contributed by atoms with Gasteiger partial charge in [-0.25, -0.2) is 4.79 Å². The second kappa shape index (κ2) is 8.23. The number of hydrogen-bond acceptors (Lipinski definition) is 6. The first-order valence-corrected chi connectivity index (χ1v) is 9.28. The number of hydrogen-bond donors (Lipinski definition) is 1. The van der Waals surface area contributed by atoms with Gasteiger partial charge < -0.3 is 19.5 Å². The van der Waals surface area contributed by atoms with E-state index in [0.717, 1.165) is 31.2 Å². The van der Waals surface area contributed by atoms with E-state index in [1.165, 1.54) is 12.0 Å². The summed E-state index contributed by atoms with van der Waals surface area (Å²) in [6.45, 7) is -0.336. The van der Waals surface area contributed by atoms with Crippen molar-refractivity contribution in [3.05, 3.63) is 39.6 Å². The Balaban J connectivity index is 1.57. The lowest BCUT2D eigenvalue weighted by atomic mass is 9.96. The van der Waals surface area contributed by atoms with Gasteiger partial charge in [-0.15, -0.1) is 11.3 Å². The van der Waals surface area contributed by atoms with E-state index in [1.54, 1.807) is 36.6 Å². The molecule has 6 nitrogen and oxygen atoms in total. The zero-order chi connectivity index (χ0) is 18.5. The number of carbonyl (C=O) groups excluding carboxylic acids is 2. The molecule has 0 fully saturated rings. The number of fused-ring (bicyclic) bond motifs is 1. The summed E-state index contributed by atoms with van der Waals surface area (Å²) in [4.78, 5) is 25.6. The third kappa shape index (κ3) is 3.99. The van der Waals surface area contributed by atoms with Gasteiger partial charge in [0.15, 0.2) is 18.1 Å². The van der Waals surface area contributed by atoms with Crippen LogP contribution in [0.5, 0.6) is 11.5 Å². The Labute approximate surface area is 156 Å². The van der Waals surface area contributed by atoms with Crippen LogP contribution in [0.3, 0.4) is 0 Å². The molecule has 138 valence electrons. The average molecular weight is 375 g/mol. The molecule has 2 aromatic rings. The highest BCUT2D eigenvalue weighted by atomic mass is 32.1. The minimum atomic E-state index is -0.438. The molecular weight excluding hydrogens is 354 g/mol. The standard InChI is InChI=1S/C19H21NO5S/c1-23-15-8-7-12(9-16(15)24-2)20-18(21)10-25-19(22)14-11-26-17-6-4-3-5-13(14)17/h7-9,11H,3-6,10H2,1-2H3,(H,20,21). The lowest BCUT2D eigenvalue weighted by Crippen LogP contribution is -2.21. The largest absolute Gasteiger partial charge is 0.493 e. The fourth-order valence-corrected chi connectivity index (χ4v) is 4.10. The number of esters is 1. The zero-order valence-corrected chi connectivity index (χ0v) is 15.6. The van der Waals surface area contributed by atoms with Crippen molar-refractivity contribution in [1.29, 1.82) is 0 Å². The third-order valence-corrected chi connectivity index (χ3v) is 5.37. The SMILES string of the molecule is COc1ccc(NC(=O)COC(=O)c2csc3c2CCCC3)cc1OC. The molecule has 1 N–H and O–H groups in total. The van der Waals surface area contributed by atoms with Crippen LogP contribution >= 0.6 is 11.3 Å². The van der Waals surface area contributed by atoms with E-state index in [2.05, 4.69) is 5.32 Å². The van der Waals surface area contributed by atoms with E-state index in [4.69, 9.17) is 14.2 Å². The van der Waals surface area contributed by atoms with Gasteiger partial charge >= 0.3 is 5.97 Å². The van der Waals surface area contributed by atoms with E-state index in [1.807, 2.05) is 5.38 Å². The van der Waals surface area contributed by atoms with E-state index in [-0.39, 0.29) is 6.61 Å². The van der Waals surface area contributed by atoms with E-state index in [9.17, 15) is 9.59 Å². The molecule has 0 saturated heterocycles. The molecule has 1 aliphatic carbocycles. The Morgan fingerprint density at radius 2 is 1.88 bits per heavy atom. The summed E-state index contributed by atoms with van der Waals surface area (Å²) in [5.74, 6) is 0.230. The van der Waals surface area contributed by atoms with Gasteiger partial charge in [0.2, 0.25) is 0 Å². The molecule has 1 amide bonds. The topological polar surface area (TPSA) is 73.9 Å². The molecule has 0 aliphatic heterocycles. The fourth-order valence-electron chi connectivity index (χ4n) is 2.98. The summed E-state index contributed by atoms with van der Waals surface area (Å²) < 4.78 is 15.5. The molecule has 0 atom stereocenters. The van der Waals surface area contributed by atoms with Crippen LogP contribution in [-0.4, -0.2) is 32.7 Å². The summed E-state index contributed by atoms with van der Waals surface area (Å²) in [5.41, 5.74) is 2.23. The summed E-state index contributed by atoms with van der Waals surface area (Å²) in [6, 6.07) is 5.03. The number of benzene rings is 1. The van der Waals surface area contributed by atoms with Crippen LogP contribution in [0.4, 0.5) is 5.69 Å². The van der Waals surface area contributed by atoms with Crippen molar-refractivity contribution < 1.29 is 23.8 Å². The van der Waals surface area contributed by atoms with Crippen LogP contribution in [0.2, 0.25) is 0 Å². The number of anilines is 1. The first-order valence-electron chi connectivity index (χ1n) is 8.40. The number of thiophene rings is 1. The second-order valence-electron chi connectivity index (χ2n) is 5.95. The highest BCUT2D eigenvalue weighted by Gasteiger charge is 2.21. The van der Waals surface area contributed by atoms with Crippen LogP contribution in [0.25, 0.3) is 0 Å². The quantitative estimate of drug-likeness (QED) is 0.783. The van der Waals surface area contributed by atoms with Crippen LogP contribution in [-0.2, 0) is 22.4 Å². The summed E-state index contributed by atoms with van der Waals surface area (Å²) >= 11 is 1.60. The maximum atomic E-state index is 12.3. The third-order valence-electron chi connectivity index (χ3n) is 4.28. The first-order chi connectivity index (χ1) is 12.6. The van der Waals surface area contributed by atoms with E-state index < -0.39 is 11.9 Å². The monoisotopic (exact) mass is 375 g/mol. The summed E-state index contributed by atoms with van der Waals surface area (Å²) in [6.07, 6.45) is 4.17. The van der Waals surface area contributed by atoms with Crippen LogP contribution in [0, 0.1) is 0 Å². The summed E-state index contributed by atoms with van der Waals surface area (Å²) in [5, 5.41) is 4.52. The maximum Gasteiger partial charge on any atom is 0.339 e. The molecule has 0 unspecified atom stereocenters. The van der Waals surface area contributed by atoms with Gasteiger partial charge in [-0.05, 0) is 43.4 Å². The average Bonchev–Trinajstić information content (AvgIpc) is 3.10. The smallest absolute Gasteiger partial charge is 0.339 e. The van der Waals surface area contributed by atoms with Crippen molar-refractivity contribution in [3.63, 3.8) is 0 Å². The van der Waals surface area contributed by atoms with Crippen LogP contribution < -0.4 is 14.8 Å². The minimum absolute atomic E-state index is 0.336.